The molecule has 0 aliphatic carbocycles. The largest absolute Gasteiger partial charge is 0.359 e. The molecular weight excluding hydrogens is 282 g/mol. The Hall–Kier alpha value is -2.15. The van der Waals surface area contributed by atoms with Gasteiger partial charge in [-0.15, -0.1) is 0 Å². The number of hydrogen-bond acceptors (Lipinski definition) is 5. The molecule has 7 nitrogen and oxygen atoms in total. The number of amides is 1. The molecule has 2 aromatic heterocycles. The van der Waals surface area contributed by atoms with E-state index < -0.39 is 6.04 Å². The second kappa shape index (κ2) is 5.92. The molecule has 22 heavy (non-hydrogen) atoms. The molecule has 0 fully saturated rings. The van der Waals surface area contributed by atoms with Crippen molar-refractivity contribution >= 4 is 5.91 Å². The molecule has 2 N–H and O–H groups in total. The fourth-order valence-corrected chi connectivity index (χ4v) is 2.63. The molecular formula is C15H21N5O2. The number of aromatic amines is 1. The zero-order valence-electron chi connectivity index (χ0n) is 13.1. The molecule has 1 amide bonds. The van der Waals surface area contributed by atoms with E-state index in [1.165, 1.54) is 0 Å². The Bertz CT molecular complexity index is 660. The van der Waals surface area contributed by atoms with Gasteiger partial charge in [-0.05, 0) is 5.92 Å². The first kappa shape index (κ1) is 14.8. The lowest BCUT2D eigenvalue weighted by molar-refractivity contribution is -0.133. The van der Waals surface area contributed by atoms with Crippen LogP contribution in [-0.4, -0.2) is 39.5 Å². The van der Waals surface area contributed by atoms with Gasteiger partial charge < -0.3 is 19.7 Å². The summed E-state index contributed by atoms with van der Waals surface area (Å²) in [5, 5.41) is 7.25. The third kappa shape index (κ3) is 2.76. The molecule has 0 bridgehead atoms. The maximum atomic E-state index is 12.7. The lowest BCUT2D eigenvalue weighted by Crippen LogP contribution is -2.42. The van der Waals surface area contributed by atoms with Gasteiger partial charge in [-0.3, -0.25) is 4.79 Å². The van der Waals surface area contributed by atoms with Crippen LogP contribution in [0.4, 0.5) is 0 Å². The maximum Gasteiger partial charge on any atom is 0.246 e. The van der Waals surface area contributed by atoms with Gasteiger partial charge in [-0.1, -0.05) is 19.0 Å². The highest BCUT2D eigenvalue weighted by atomic mass is 16.5. The van der Waals surface area contributed by atoms with Crippen LogP contribution in [-0.2, 0) is 17.8 Å². The number of fused-ring (bicyclic) bond motifs is 1. The number of likely N-dealkylation sites (N-methyl/N-ethyl adjacent to an activating group) is 1. The SMILES string of the molecule is CC(C)c1cc(CN(C)C(=O)C2NCCc3[nH]cnc32)on1. The van der Waals surface area contributed by atoms with Crippen molar-refractivity contribution in [2.75, 3.05) is 13.6 Å². The summed E-state index contributed by atoms with van der Waals surface area (Å²) in [4.78, 5) is 21.7. The Kier molecular flexibility index (Phi) is 3.98. The highest BCUT2D eigenvalue weighted by Gasteiger charge is 2.30. The van der Waals surface area contributed by atoms with Crippen LogP contribution >= 0.6 is 0 Å². The number of H-pyrrole nitrogens is 1. The average molecular weight is 303 g/mol. The molecule has 118 valence electrons. The summed E-state index contributed by atoms with van der Waals surface area (Å²) in [5.74, 6) is 0.985. The van der Waals surface area contributed by atoms with E-state index in [4.69, 9.17) is 4.52 Å². The van der Waals surface area contributed by atoms with Gasteiger partial charge in [0.1, 0.15) is 6.04 Å². The molecule has 0 saturated heterocycles. The number of nitrogens with one attached hydrogen (secondary N) is 2. The predicted molar refractivity (Wildman–Crippen MR) is 80.1 cm³/mol. The minimum absolute atomic E-state index is 0.0180. The Morgan fingerprint density at radius 3 is 3.09 bits per heavy atom. The molecule has 1 atom stereocenters. The van der Waals surface area contributed by atoms with Crippen molar-refractivity contribution < 1.29 is 9.32 Å². The van der Waals surface area contributed by atoms with Gasteiger partial charge in [0.2, 0.25) is 5.91 Å². The lowest BCUT2D eigenvalue weighted by atomic mass is 10.0. The van der Waals surface area contributed by atoms with Gasteiger partial charge in [0, 0.05) is 31.8 Å². The highest BCUT2D eigenvalue weighted by molar-refractivity contribution is 5.83. The number of carbonyl (C=O) groups excluding carboxylic acids is 1. The van der Waals surface area contributed by atoms with E-state index in [0.29, 0.717) is 18.2 Å². The molecule has 0 aromatic carbocycles. The number of aromatic nitrogens is 3. The Morgan fingerprint density at radius 2 is 2.36 bits per heavy atom. The number of rotatable bonds is 4. The van der Waals surface area contributed by atoms with E-state index in [0.717, 1.165) is 30.0 Å². The number of imidazole rings is 1. The summed E-state index contributed by atoms with van der Waals surface area (Å²) in [5.41, 5.74) is 2.73. The van der Waals surface area contributed by atoms with Gasteiger partial charge in [-0.2, -0.15) is 0 Å². The van der Waals surface area contributed by atoms with E-state index in [1.807, 2.05) is 6.07 Å². The first-order valence-electron chi connectivity index (χ1n) is 7.52. The van der Waals surface area contributed by atoms with E-state index >= 15 is 0 Å². The zero-order chi connectivity index (χ0) is 15.7. The molecule has 0 spiro atoms. The average Bonchev–Trinajstić information content (AvgIpc) is 3.14. The summed E-state index contributed by atoms with van der Waals surface area (Å²) >= 11 is 0. The number of nitrogens with zero attached hydrogens (tertiary/aromatic N) is 3. The van der Waals surface area contributed by atoms with Crippen molar-refractivity contribution in [2.45, 2.75) is 38.8 Å². The summed E-state index contributed by atoms with van der Waals surface area (Å²) in [6.07, 6.45) is 2.51. The first-order chi connectivity index (χ1) is 10.6. The summed E-state index contributed by atoms with van der Waals surface area (Å²) in [6, 6.07) is 1.51. The van der Waals surface area contributed by atoms with Crippen molar-refractivity contribution in [3.63, 3.8) is 0 Å². The third-order valence-corrected chi connectivity index (χ3v) is 3.93. The van der Waals surface area contributed by atoms with Crippen LogP contribution in [0.2, 0.25) is 0 Å². The zero-order valence-corrected chi connectivity index (χ0v) is 13.1. The van der Waals surface area contributed by atoms with Crippen LogP contribution in [0.5, 0.6) is 0 Å². The number of carbonyl (C=O) groups is 1. The number of hydrogen-bond donors (Lipinski definition) is 2. The van der Waals surface area contributed by atoms with Crippen LogP contribution in [0, 0.1) is 0 Å². The minimum atomic E-state index is -0.396. The molecule has 1 aliphatic rings. The normalized spacial score (nSPS) is 17.5. The minimum Gasteiger partial charge on any atom is -0.359 e. The van der Waals surface area contributed by atoms with Gasteiger partial charge in [-0.25, -0.2) is 4.98 Å². The third-order valence-electron chi connectivity index (χ3n) is 3.93. The van der Waals surface area contributed by atoms with Crippen LogP contribution in [0.1, 0.15) is 48.6 Å². The maximum absolute atomic E-state index is 12.7. The highest BCUT2D eigenvalue weighted by Crippen LogP contribution is 2.22. The fraction of sp³-hybridized carbons (Fsp3) is 0.533. The molecule has 3 heterocycles. The van der Waals surface area contributed by atoms with Gasteiger partial charge in [0.05, 0.1) is 24.3 Å². The Morgan fingerprint density at radius 1 is 1.55 bits per heavy atom. The second-order valence-electron chi connectivity index (χ2n) is 5.97. The van der Waals surface area contributed by atoms with Crippen molar-refractivity contribution in [1.82, 2.24) is 25.3 Å². The van der Waals surface area contributed by atoms with Crippen molar-refractivity contribution in [2.24, 2.45) is 0 Å². The lowest BCUT2D eigenvalue weighted by Gasteiger charge is -2.26. The van der Waals surface area contributed by atoms with E-state index in [9.17, 15) is 4.79 Å². The summed E-state index contributed by atoms with van der Waals surface area (Å²) in [7, 11) is 1.77. The molecule has 1 unspecified atom stereocenters. The van der Waals surface area contributed by atoms with Crippen LogP contribution < -0.4 is 5.32 Å². The Balaban J connectivity index is 1.70. The van der Waals surface area contributed by atoms with Crippen molar-refractivity contribution in [3.05, 3.63) is 35.2 Å². The predicted octanol–water partition coefficient (Wildman–Crippen LogP) is 1.37. The van der Waals surface area contributed by atoms with E-state index in [2.05, 4.69) is 34.3 Å². The molecule has 3 rings (SSSR count). The topological polar surface area (TPSA) is 87.0 Å². The fourth-order valence-electron chi connectivity index (χ4n) is 2.63. The summed E-state index contributed by atoms with van der Waals surface area (Å²) < 4.78 is 5.30. The smallest absolute Gasteiger partial charge is 0.246 e. The summed E-state index contributed by atoms with van der Waals surface area (Å²) in [6.45, 7) is 5.28. The van der Waals surface area contributed by atoms with Gasteiger partial charge >= 0.3 is 0 Å². The second-order valence-corrected chi connectivity index (χ2v) is 5.97. The van der Waals surface area contributed by atoms with E-state index in [-0.39, 0.29) is 5.91 Å². The van der Waals surface area contributed by atoms with Gasteiger partial charge in [0.25, 0.3) is 0 Å². The molecule has 7 heteroatoms. The van der Waals surface area contributed by atoms with E-state index in [1.54, 1.807) is 18.3 Å². The monoisotopic (exact) mass is 303 g/mol. The molecule has 2 aromatic rings. The van der Waals surface area contributed by atoms with Crippen LogP contribution in [0.3, 0.4) is 0 Å². The standard InChI is InChI=1S/C15H21N5O2/c1-9(2)12-6-10(22-19-12)7-20(3)15(21)14-13-11(4-5-16-14)17-8-18-13/h6,8-9,14,16H,4-5,7H2,1-3H3,(H,17,18). The first-order valence-corrected chi connectivity index (χ1v) is 7.52. The quantitative estimate of drug-likeness (QED) is 0.890. The van der Waals surface area contributed by atoms with Crippen molar-refractivity contribution in [3.8, 4) is 0 Å². The van der Waals surface area contributed by atoms with Gasteiger partial charge in [0.15, 0.2) is 5.76 Å². The van der Waals surface area contributed by atoms with Crippen LogP contribution in [0.15, 0.2) is 16.9 Å². The van der Waals surface area contributed by atoms with Crippen molar-refractivity contribution in [1.29, 1.82) is 0 Å². The van der Waals surface area contributed by atoms with Crippen LogP contribution in [0.25, 0.3) is 0 Å². The molecule has 0 radical (unpaired) electrons. The molecule has 1 aliphatic heterocycles. The Labute approximate surface area is 129 Å². The molecule has 0 saturated carbocycles.